The van der Waals surface area contributed by atoms with Gasteiger partial charge in [-0.05, 0) is 25.9 Å². The molecule has 0 radical (unpaired) electrons. The first kappa shape index (κ1) is 9.80. The van der Waals surface area contributed by atoms with Crippen molar-refractivity contribution in [2.45, 2.75) is 31.7 Å². The normalized spacial score (nSPS) is 23.0. The average Bonchev–Trinajstić information content (AvgIpc) is 2.06. The zero-order valence-corrected chi connectivity index (χ0v) is 6.60. The van der Waals surface area contributed by atoms with Gasteiger partial charge in [-0.2, -0.15) is 0 Å². The predicted octanol–water partition coefficient (Wildman–Crippen LogP) is 1.32. The minimum Gasteiger partial charge on any atom is -0.340 e. The molecule has 0 amide bonds. The molecule has 0 aromatic rings. The maximum Gasteiger partial charge on any atom is 0.293 e. The van der Waals surface area contributed by atoms with Crippen molar-refractivity contribution in [3.63, 3.8) is 0 Å². The fourth-order valence-corrected chi connectivity index (χ4v) is 1.17. The summed E-state index contributed by atoms with van der Waals surface area (Å²) in [5, 5.41) is 3.03. The van der Waals surface area contributed by atoms with Crippen LogP contribution in [-0.4, -0.2) is 32.0 Å². The second-order valence-corrected chi connectivity index (χ2v) is 2.77. The number of alkyl halides is 3. The quantitative estimate of drug-likeness (QED) is 0.712. The predicted molar refractivity (Wildman–Crippen MR) is 37.9 cm³/mol. The lowest BCUT2D eigenvalue weighted by molar-refractivity contribution is -0.162. The summed E-state index contributed by atoms with van der Waals surface area (Å²) in [6.45, 7) is 1.42. The van der Waals surface area contributed by atoms with E-state index in [0.717, 1.165) is 0 Å². The Kier molecular flexibility index (Phi) is 3.81. The number of halogens is 3. The Morgan fingerprint density at radius 2 is 1.75 bits per heavy atom. The van der Waals surface area contributed by atoms with Gasteiger partial charge < -0.3 is 10.1 Å². The standard InChI is InChI=1S/C7H12F3NO/c8-6(9)7(10)12-5-1-3-11-4-2-5/h5-7,11H,1-4H2. The van der Waals surface area contributed by atoms with Crippen LogP contribution in [0.4, 0.5) is 13.2 Å². The summed E-state index contributed by atoms with van der Waals surface area (Å²) in [6.07, 6.45) is -4.59. The van der Waals surface area contributed by atoms with Crippen LogP contribution in [0.15, 0.2) is 0 Å². The zero-order valence-electron chi connectivity index (χ0n) is 6.60. The third-order valence-corrected chi connectivity index (χ3v) is 1.81. The van der Waals surface area contributed by atoms with Crippen molar-refractivity contribution < 1.29 is 17.9 Å². The number of ether oxygens (including phenoxy) is 1. The van der Waals surface area contributed by atoms with Gasteiger partial charge >= 0.3 is 0 Å². The maximum atomic E-state index is 12.3. The van der Waals surface area contributed by atoms with Crippen molar-refractivity contribution in [1.82, 2.24) is 5.32 Å². The summed E-state index contributed by atoms with van der Waals surface area (Å²) in [4.78, 5) is 0. The van der Waals surface area contributed by atoms with E-state index in [2.05, 4.69) is 10.1 Å². The SMILES string of the molecule is FC(F)C(F)OC1CCNCC1. The summed E-state index contributed by atoms with van der Waals surface area (Å²) in [5.41, 5.74) is 0. The molecule has 0 saturated carbocycles. The smallest absolute Gasteiger partial charge is 0.293 e. The molecular weight excluding hydrogens is 171 g/mol. The van der Waals surface area contributed by atoms with Crippen LogP contribution in [-0.2, 0) is 4.74 Å². The van der Waals surface area contributed by atoms with Gasteiger partial charge in [0.2, 0.25) is 0 Å². The molecule has 1 rings (SSSR count). The summed E-state index contributed by atoms with van der Waals surface area (Å²) in [6, 6.07) is 0. The lowest BCUT2D eigenvalue weighted by atomic mass is 10.1. The Morgan fingerprint density at radius 3 is 2.25 bits per heavy atom. The van der Waals surface area contributed by atoms with Crippen LogP contribution in [0.3, 0.4) is 0 Å². The van der Waals surface area contributed by atoms with Crippen LogP contribution >= 0.6 is 0 Å². The number of hydrogen-bond acceptors (Lipinski definition) is 2. The highest BCUT2D eigenvalue weighted by Crippen LogP contribution is 2.15. The minimum atomic E-state index is -3.03. The number of nitrogens with one attached hydrogen (secondary N) is 1. The lowest BCUT2D eigenvalue weighted by Gasteiger charge is -2.24. The molecule has 1 unspecified atom stereocenters. The van der Waals surface area contributed by atoms with Crippen LogP contribution in [0.1, 0.15) is 12.8 Å². The molecule has 1 aliphatic rings. The first-order valence-corrected chi connectivity index (χ1v) is 3.98. The molecule has 72 valence electrons. The monoisotopic (exact) mass is 183 g/mol. The van der Waals surface area contributed by atoms with Crippen LogP contribution in [0.2, 0.25) is 0 Å². The fraction of sp³-hybridized carbons (Fsp3) is 1.00. The highest BCUT2D eigenvalue weighted by atomic mass is 19.3. The first-order chi connectivity index (χ1) is 5.70. The van der Waals surface area contributed by atoms with E-state index in [-0.39, 0.29) is 6.10 Å². The van der Waals surface area contributed by atoms with Crippen LogP contribution in [0.25, 0.3) is 0 Å². The fourth-order valence-electron chi connectivity index (χ4n) is 1.17. The van der Waals surface area contributed by atoms with Crippen molar-refractivity contribution in [1.29, 1.82) is 0 Å². The van der Waals surface area contributed by atoms with Gasteiger partial charge in [0.1, 0.15) is 0 Å². The molecule has 1 atom stereocenters. The Hall–Kier alpha value is -0.290. The van der Waals surface area contributed by atoms with Crippen LogP contribution < -0.4 is 5.32 Å². The molecular formula is C7H12F3NO. The molecule has 0 aliphatic carbocycles. The van der Waals surface area contributed by atoms with Gasteiger partial charge in [0, 0.05) is 0 Å². The Balaban J connectivity index is 2.20. The molecule has 12 heavy (non-hydrogen) atoms. The molecule has 0 aromatic carbocycles. The van der Waals surface area contributed by atoms with Crippen molar-refractivity contribution in [3.8, 4) is 0 Å². The van der Waals surface area contributed by atoms with E-state index in [1.54, 1.807) is 0 Å². The molecule has 0 bridgehead atoms. The van der Waals surface area contributed by atoms with Crippen molar-refractivity contribution in [3.05, 3.63) is 0 Å². The maximum absolute atomic E-state index is 12.3. The first-order valence-electron chi connectivity index (χ1n) is 3.98. The van der Waals surface area contributed by atoms with E-state index < -0.39 is 12.8 Å². The van der Waals surface area contributed by atoms with Gasteiger partial charge in [-0.25, -0.2) is 13.2 Å². The van der Waals surface area contributed by atoms with Gasteiger partial charge in [-0.3, -0.25) is 0 Å². The third kappa shape index (κ3) is 2.98. The second-order valence-electron chi connectivity index (χ2n) is 2.77. The highest BCUT2D eigenvalue weighted by Gasteiger charge is 2.25. The summed E-state index contributed by atoms with van der Waals surface area (Å²) in [5.74, 6) is 0. The van der Waals surface area contributed by atoms with Crippen molar-refractivity contribution in [2.75, 3.05) is 13.1 Å². The lowest BCUT2D eigenvalue weighted by Crippen LogP contribution is -2.35. The Morgan fingerprint density at radius 1 is 1.17 bits per heavy atom. The van der Waals surface area contributed by atoms with Gasteiger partial charge in [0.05, 0.1) is 6.10 Å². The molecule has 0 aromatic heterocycles. The number of hydrogen-bond donors (Lipinski definition) is 1. The van der Waals surface area contributed by atoms with E-state index in [4.69, 9.17) is 0 Å². The van der Waals surface area contributed by atoms with Crippen molar-refractivity contribution in [2.24, 2.45) is 0 Å². The molecule has 1 aliphatic heterocycles. The number of rotatable bonds is 3. The molecule has 0 spiro atoms. The number of piperidine rings is 1. The summed E-state index contributed by atoms with van der Waals surface area (Å²) < 4.78 is 40.1. The zero-order chi connectivity index (χ0) is 8.97. The largest absolute Gasteiger partial charge is 0.340 e. The Labute approximate surface area is 69.1 Å². The summed E-state index contributed by atoms with van der Waals surface area (Å²) in [7, 11) is 0. The van der Waals surface area contributed by atoms with E-state index >= 15 is 0 Å². The van der Waals surface area contributed by atoms with Crippen molar-refractivity contribution >= 4 is 0 Å². The molecule has 2 nitrogen and oxygen atoms in total. The highest BCUT2D eigenvalue weighted by molar-refractivity contribution is 4.68. The minimum absolute atomic E-state index is 0.352. The van der Waals surface area contributed by atoms with Gasteiger partial charge in [-0.1, -0.05) is 0 Å². The van der Waals surface area contributed by atoms with E-state index in [0.29, 0.717) is 25.9 Å². The second kappa shape index (κ2) is 4.67. The average molecular weight is 183 g/mol. The van der Waals surface area contributed by atoms with Gasteiger partial charge in [-0.15, -0.1) is 0 Å². The molecule has 1 heterocycles. The molecule has 1 fully saturated rings. The summed E-state index contributed by atoms with van der Waals surface area (Å²) >= 11 is 0. The molecule has 1 N–H and O–H groups in total. The molecule has 5 heteroatoms. The van der Waals surface area contributed by atoms with Gasteiger partial charge in [0.15, 0.2) is 0 Å². The van der Waals surface area contributed by atoms with Crippen LogP contribution in [0, 0.1) is 0 Å². The van der Waals surface area contributed by atoms with Gasteiger partial charge in [0.25, 0.3) is 12.8 Å². The third-order valence-electron chi connectivity index (χ3n) is 1.81. The van der Waals surface area contributed by atoms with Crippen LogP contribution in [0.5, 0.6) is 0 Å². The van der Waals surface area contributed by atoms with E-state index in [1.165, 1.54) is 0 Å². The van der Waals surface area contributed by atoms with E-state index in [9.17, 15) is 13.2 Å². The molecule has 1 saturated heterocycles. The topological polar surface area (TPSA) is 21.3 Å². The van der Waals surface area contributed by atoms with E-state index in [1.807, 2.05) is 0 Å². The Bertz CT molecular complexity index is 128.